The third kappa shape index (κ3) is 6.62. The van der Waals surface area contributed by atoms with Crippen LogP contribution in [0.2, 0.25) is 0 Å². The van der Waals surface area contributed by atoms with Crippen molar-refractivity contribution in [3.63, 3.8) is 0 Å². The van der Waals surface area contributed by atoms with E-state index in [1.54, 1.807) is 27.9 Å². The van der Waals surface area contributed by atoms with Crippen molar-refractivity contribution in [2.24, 2.45) is 5.92 Å². The predicted octanol–water partition coefficient (Wildman–Crippen LogP) is 1.63. The summed E-state index contributed by atoms with van der Waals surface area (Å²) in [4.78, 5) is 28.3. The van der Waals surface area contributed by atoms with Crippen molar-refractivity contribution in [2.45, 2.75) is 58.5 Å². The van der Waals surface area contributed by atoms with Crippen molar-refractivity contribution in [3.8, 4) is 0 Å². The summed E-state index contributed by atoms with van der Waals surface area (Å²) in [5.74, 6) is -0.982. The molecule has 1 aromatic heterocycles. The number of fused-ring (bicyclic) bond motifs is 1. The standard InChI is InChI=1S/C24H35N5O5/c1-17-12-28(18(2)15-30)23(31)9-6-10-29-20(11-25-26-29)16-34-22(17)14-27(3)13-19-7-4-5-8-21(19)24(32)33/h4-5,7-8,11,17-18,22,30H,6,9-10,12-16H2,1-3H3,(H,32,33)/t17-,18-,22+/m0/s1. The molecule has 3 rings (SSSR count). The van der Waals surface area contributed by atoms with Gasteiger partial charge < -0.3 is 19.8 Å². The molecule has 0 fully saturated rings. The molecule has 1 aliphatic rings. The minimum absolute atomic E-state index is 0.00173. The first-order valence-corrected chi connectivity index (χ1v) is 11.7. The Morgan fingerprint density at radius 1 is 1.35 bits per heavy atom. The number of carbonyl (C=O) groups is 2. The number of carbonyl (C=O) groups excluding carboxylic acids is 1. The van der Waals surface area contributed by atoms with Crippen LogP contribution in [0.1, 0.15) is 48.3 Å². The van der Waals surface area contributed by atoms with Gasteiger partial charge in [0.05, 0.1) is 42.8 Å². The van der Waals surface area contributed by atoms with Crippen molar-refractivity contribution >= 4 is 11.9 Å². The van der Waals surface area contributed by atoms with Crippen molar-refractivity contribution in [2.75, 3.05) is 26.7 Å². The van der Waals surface area contributed by atoms with E-state index in [-0.39, 0.29) is 36.1 Å². The summed E-state index contributed by atoms with van der Waals surface area (Å²) >= 11 is 0. The molecule has 10 heteroatoms. The molecular weight excluding hydrogens is 438 g/mol. The van der Waals surface area contributed by atoms with Gasteiger partial charge in [-0.25, -0.2) is 9.48 Å². The van der Waals surface area contributed by atoms with Gasteiger partial charge in [0, 0.05) is 38.5 Å². The van der Waals surface area contributed by atoms with Crippen LogP contribution in [0.15, 0.2) is 30.5 Å². The lowest BCUT2D eigenvalue weighted by molar-refractivity contribution is -0.136. The SMILES string of the molecule is C[C@H]1CN([C@@H](C)CO)C(=O)CCCn2nncc2CO[C@@H]1CN(C)Cc1ccccc1C(=O)O. The van der Waals surface area contributed by atoms with Gasteiger partial charge in [-0.2, -0.15) is 0 Å². The first kappa shape index (κ1) is 25.8. The maximum atomic E-state index is 13.0. The van der Waals surface area contributed by atoms with Gasteiger partial charge in [0.2, 0.25) is 5.91 Å². The number of aromatic nitrogens is 3. The van der Waals surface area contributed by atoms with Crippen molar-refractivity contribution < 1.29 is 24.5 Å². The molecule has 186 valence electrons. The van der Waals surface area contributed by atoms with Crippen LogP contribution in [0.5, 0.6) is 0 Å². The average molecular weight is 474 g/mol. The number of aliphatic hydroxyl groups is 1. The molecule has 2 aromatic rings. The molecule has 1 aliphatic heterocycles. The highest BCUT2D eigenvalue weighted by molar-refractivity contribution is 5.89. The van der Waals surface area contributed by atoms with Crippen LogP contribution in [0.3, 0.4) is 0 Å². The number of likely N-dealkylation sites (N-methyl/N-ethyl adjacent to an activating group) is 1. The minimum Gasteiger partial charge on any atom is -0.478 e. The number of carboxylic acid groups (broad SMARTS) is 1. The fourth-order valence-electron chi connectivity index (χ4n) is 4.28. The summed E-state index contributed by atoms with van der Waals surface area (Å²) in [5.41, 5.74) is 1.86. The molecule has 1 aromatic carbocycles. The summed E-state index contributed by atoms with van der Waals surface area (Å²) < 4.78 is 8.10. The minimum atomic E-state index is -0.951. The van der Waals surface area contributed by atoms with E-state index in [9.17, 15) is 19.8 Å². The lowest BCUT2D eigenvalue weighted by Gasteiger charge is -2.35. The van der Waals surface area contributed by atoms with Gasteiger partial charge in [0.15, 0.2) is 0 Å². The van der Waals surface area contributed by atoms with Crippen LogP contribution in [0, 0.1) is 5.92 Å². The van der Waals surface area contributed by atoms with Gasteiger partial charge in [-0.3, -0.25) is 9.69 Å². The monoisotopic (exact) mass is 473 g/mol. The van der Waals surface area contributed by atoms with Crippen LogP contribution in [0.25, 0.3) is 0 Å². The molecule has 2 heterocycles. The van der Waals surface area contributed by atoms with Gasteiger partial charge in [0.1, 0.15) is 0 Å². The van der Waals surface area contributed by atoms with E-state index >= 15 is 0 Å². The van der Waals surface area contributed by atoms with Gasteiger partial charge in [0.25, 0.3) is 0 Å². The Bertz CT molecular complexity index is 965. The molecule has 0 radical (unpaired) electrons. The highest BCUT2D eigenvalue weighted by Crippen LogP contribution is 2.19. The summed E-state index contributed by atoms with van der Waals surface area (Å²) in [6.07, 6.45) is 2.44. The molecule has 0 saturated carbocycles. The van der Waals surface area contributed by atoms with Gasteiger partial charge in [-0.15, -0.1) is 5.10 Å². The van der Waals surface area contributed by atoms with E-state index in [4.69, 9.17) is 4.74 Å². The molecule has 0 unspecified atom stereocenters. The summed E-state index contributed by atoms with van der Waals surface area (Å²) in [6, 6.07) is 6.68. The number of rotatable bonds is 7. The molecule has 0 bridgehead atoms. The number of benzene rings is 1. The lowest BCUT2D eigenvalue weighted by atomic mass is 10.0. The fourth-order valence-corrected chi connectivity index (χ4v) is 4.28. The number of hydrogen-bond donors (Lipinski definition) is 2. The molecule has 1 amide bonds. The van der Waals surface area contributed by atoms with Crippen molar-refractivity contribution in [3.05, 3.63) is 47.3 Å². The topological polar surface area (TPSA) is 121 Å². The number of amides is 1. The second-order valence-electron chi connectivity index (χ2n) is 9.12. The third-order valence-electron chi connectivity index (χ3n) is 6.32. The lowest BCUT2D eigenvalue weighted by Crippen LogP contribution is -2.47. The van der Waals surface area contributed by atoms with E-state index < -0.39 is 5.97 Å². The van der Waals surface area contributed by atoms with Gasteiger partial charge in [-0.1, -0.05) is 30.3 Å². The normalized spacial score (nSPS) is 21.0. The fraction of sp³-hybridized carbons (Fsp3) is 0.583. The highest BCUT2D eigenvalue weighted by Gasteiger charge is 2.28. The Kier molecular flexibility index (Phi) is 9.14. The average Bonchev–Trinajstić information content (AvgIpc) is 3.26. The summed E-state index contributed by atoms with van der Waals surface area (Å²) in [7, 11) is 1.93. The van der Waals surface area contributed by atoms with E-state index in [1.807, 2.05) is 37.9 Å². The summed E-state index contributed by atoms with van der Waals surface area (Å²) in [6.45, 7) is 6.12. The number of aryl methyl sites for hydroxylation is 1. The Morgan fingerprint density at radius 3 is 2.85 bits per heavy atom. The highest BCUT2D eigenvalue weighted by atomic mass is 16.5. The third-order valence-corrected chi connectivity index (χ3v) is 6.32. The zero-order valence-electron chi connectivity index (χ0n) is 20.1. The smallest absolute Gasteiger partial charge is 0.336 e. The zero-order valence-corrected chi connectivity index (χ0v) is 20.1. The Labute approximate surface area is 200 Å². The quantitative estimate of drug-likeness (QED) is 0.623. The maximum absolute atomic E-state index is 13.0. The largest absolute Gasteiger partial charge is 0.478 e. The van der Waals surface area contributed by atoms with E-state index in [2.05, 4.69) is 10.3 Å². The second-order valence-corrected chi connectivity index (χ2v) is 9.12. The first-order chi connectivity index (χ1) is 16.3. The van der Waals surface area contributed by atoms with Crippen LogP contribution in [-0.2, 0) is 29.2 Å². The number of nitrogens with zero attached hydrogens (tertiary/aromatic N) is 5. The van der Waals surface area contributed by atoms with Crippen molar-refractivity contribution in [1.82, 2.24) is 24.8 Å². The maximum Gasteiger partial charge on any atom is 0.336 e. The number of ether oxygens (including phenoxy) is 1. The summed E-state index contributed by atoms with van der Waals surface area (Å²) in [5, 5.41) is 27.3. The molecule has 3 atom stereocenters. The van der Waals surface area contributed by atoms with E-state index in [0.717, 1.165) is 11.3 Å². The van der Waals surface area contributed by atoms with Crippen LogP contribution >= 0.6 is 0 Å². The van der Waals surface area contributed by atoms with Gasteiger partial charge in [-0.05, 0) is 32.0 Å². The Morgan fingerprint density at radius 2 is 2.12 bits per heavy atom. The Hall–Kier alpha value is -2.82. The van der Waals surface area contributed by atoms with Crippen LogP contribution in [0.4, 0.5) is 0 Å². The molecule has 2 N–H and O–H groups in total. The first-order valence-electron chi connectivity index (χ1n) is 11.7. The molecular formula is C24H35N5O5. The molecule has 34 heavy (non-hydrogen) atoms. The second kappa shape index (κ2) is 12.0. The number of aliphatic hydroxyl groups excluding tert-OH is 1. The molecule has 0 aliphatic carbocycles. The molecule has 0 spiro atoms. The number of aromatic carboxylic acids is 1. The number of hydrogen-bond acceptors (Lipinski definition) is 7. The zero-order chi connectivity index (χ0) is 24.7. The molecule has 0 saturated heterocycles. The van der Waals surface area contributed by atoms with Gasteiger partial charge >= 0.3 is 5.97 Å². The Balaban J connectivity index is 1.80. The molecule has 10 nitrogen and oxygen atoms in total. The predicted molar refractivity (Wildman–Crippen MR) is 125 cm³/mol. The number of carboxylic acids is 1. The van der Waals surface area contributed by atoms with E-state index in [0.29, 0.717) is 45.6 Å². The van der Waals surface area contributed by atoms with Crippen molar-refractivity contribution in [1.29, 1.82) is 0 Å². The van der Waals surface area contributed by atoms with Crippen LogP contribution < -0.4 is 0 Å². The van der Waals surface area contributed by atoms with E-state index in [1.165, 1.54) is 0 Å². The van der Waals surface area contributed by atoms with Crippen LogP contribution in [-0.4, -0.2) is 85.8 Å².